The quantitative estimate of drug-likeness (QED) is 0.415. The molecule has 16 heavy (non-hydrogen) atoms. The number of carboxylic acid groups (broad SMARTS) is 1. The van der Waals surface area contributed by atoms with E-state index in [1.54, 1.807) is 24.3 Å². The summed E-state index contributed by atoms with van der Waals surface area (Å²) in [4.78, 5) is 10.4. The van der Waals surface area contributed by atoms with Crippen molar-refractivity contribution in [2.75, 3.05) is 6.67 Å². The van der Waals surface area contributed by atoms with Gasteiger partial charge in [0.1, 0.15) is 6.67 Å². The lowest BCUT2D eigenvalue weighted by molar-refractivity contribution is 0.187. The molecule has 0 bridgehead atoms. The molecule has 0 saturated heterocycles. The van der Waals surface area contributed by atoms with Crippen molar-refractivity contribution < 1.29 is 19.5 Å². The molecule has 1 aromatic carbocycles. The number of carbonyl (C=O) groups is 1. The van der Waals surface area contributed by atoms with E-state index >= 15 is 0 Å². The van der Waals surface area contributed by atoms with Gasteiger partial charge in [0.15, 0.2) is 0 Å². The highest BCUT2D eigenvalue weighted by Crippen LogP contribution is 2.14. The molecule has 0 fully saturated rings. The standard InChI is InChI=1S/C10H11FN2O3/c11-5-9(13-10(14)15)8-3-1-7(2-4-8)6-12-16/h1-4,6,9,13,16H,5H2,(H,14,15)/b12-6-. The molecule has 0 aliphatic carbocycles. The van der Waals surface area contributed by atoms with E-state index in [-0.39, 0.29) is 0 Å². The zero-order valence-electron chi connectivity index (χ0n) is 8.30. The van der Waals surface area contributed by atoms with Crippen LogP contribution in [0.25, 0.3) is 0 Å². The Bertz CT molecular complexity index is 378. The number of hydrogen-bond acceptors (Lipinski definition) is 3. The second-order valence-corrected chi connectivity index (χ2v) is 3.07. The normalized spacial score (nSPS) is 12.6. The molecule has 6 heteroatoms. The molecule has 0 aliphatic rings. The number of hydrogen-bond donors (Lipinski definition) is 3. The Morgan fingerprint density at radius 1 is 1.50 bits per heavy atom. The molecule has 1 rings (SSSR count). The number of amides is 1. The van der Waals surface area contributed by atoms with E-state index in [9.17, 15) is 9.18 Å². The zero-order chi connectivity index (χ0) is 12.0. The van der Waals surface area contributed by atoms with Crippen LogP contribution < -0.4 is 5.32 Å². The van der Waals surface area contributed by atoms with Crippen LogP contribution in [0.2, 0.25) is 0 Å². The fourth-order valence-corrected chi connectivity index (χ4v) is 1.24. The Kier molecular flexibility index (Phi) is 4.26. The number of nitrogens with one attached hydrogen (secondary N) is 1. The summed E-state index contributed by atoms with van der Waals surface area (Å²) in [6.07, 6.45) is -0.0533. The fraction of sp³-hybridized carbons (Fsp3) is 0.200. The SMILES string of the molecule is O=C(O)NC(CF)c1ccc(/C=N\O)cc1. The van der Waals surface area contributed by atoms with Crippen LogP contribution >= 0.6 is 0 Å². The molecule has 1 unspecified atom stereocenters. The van der Waals surface area contributed by atoms with Crippen LogP contribution in [-0.4, -0.2) is 29.3 Å². The van der Waals surface area contributed by atoms with Gasteiger partial charge in [-0.25, -0.2) is 9.18 Å². The Hall–Kier alpha value is -2.11. The highest BCUT2D eigenvalue weighted by atomic mass is 19.1. The van der Waals surface area contributed by atoms with Gasteiger partial charge < -0.3 is 15.6 Å². The third-order valence-corrected chi connectivity index (χ3v) is 2.00. The van der Waals surface area contributed by atoms with Crippen molar-refractivity contribution in [2.45, 2.75) is 6.04 Å². The molecule has 0 radical (unpaired) electrons. The van der Waals surface area contributed by atoms with Gasteiger partial charge in [0.05, 0.1) is 12.3 Å². The van der Waals surface area contributed by atoms with Crippen molar-refractivity contribution in [3.63, 3.8) is 0 Å². The maximum absolute atomic E-state index is 12.6. The van der Waals surface area contributed by atoms with Crippen molar-refractivity contribution in [2.24, 2.45) is 5.16 Å². The van der Waals surface area contributed by atoms with Gasteiger partial charge >= 0.3 is 6.09 Å². The average Bonchev–Trinajstić information content (AvgIpc) is 2.27. The molecule has 1 amide bonds. The monoisotopic (exact) mass is 226 g/mol. The molecule has 1 atom stereocenters. The smallest absolute Gasteiger partial charge is 0.405 e. The minimum Gasteiger partial charge on any atom is -0.465 e. The molecule has 0 aromatic heterocycles. The number of alkyl halides is 1. The summed E-state index contributed by atoms with van der Waals surface area (Å²) in [6.45, 7) is -0.820. The van der Waals surface area contributed by atoms with E-state index in [2.05, 4.69) is 10.5 Å². The van der Waals surface area contributed by atoms with Gasteiger partial charge in [0.2, 0.25) is 0 Å². The maximum Gasteiger partial charge on any atom is 0.405 e. The van der Waals surface area contributed by atoms with Crippen LogP contribution in [0.15, 0.2) is 29.4 Å². The van der Waals surface area contributed by atoms with Crippen molar-refractivity contribution in [1.82, 2.24) is 5.32 Å². The molecule has 0 saturated carbocycles. The number of nitrogens with zero attached hydrogens (tertiary/aromatic N) is 1. The van der Waals surface area contributed by atoms with Gasteiger partial charge in [0, 0.05) is 0 Å². The first kappa shape index (κ1) is 12.0. The van der Waals surface area contributed by atoms with E-state index < -0.39 is 18.8 Å². The van der Waals surface area contributed by atoms with E-state index in [0.29, 0.717) is 11.1 Å². The topological polar surface area (TPSA) is 81.9 Å². The minimum absolute atomic E-state index is 0.514. The number of benzene rings is 1. The molecule has 0 heterocycles. The van der Waals surface area contributed by atoms with E-state index in [0.717, 1.165) is 0 Å². The van der Waals surface area contributed by atoms with Crippen molar-refractivity contribution >= 4 is 12.3 Å². The Labute approximate surface area is 91.2 Å². The van der Waals surface area contributed by atoms with Gasteiger partial charge in [-0.1, -0.05) is 29.4 Å². The van der Waals surface area contributed by atoms with Gasteiger partial charge in [0.25, 0.3) is 0 Å². The summed E-state index contributed by atoms with van der Waals surface area (Å²) in [7, 11) is 0. The lowest BCUT2D eigenvalue weighted by atomic mass is 10.1. The Balaban J connectivity index is 2.81. The maximum atomic E-state index is 12.6. The van der Waals surface area contributed by atoms with Crippen molar-refractivity contribution in [3.05, 3.63) is 35.4 Å². The number of rotatable bonds is 4. The second kappa shape index (κ2) is 5.69. The molecule has 3 N–H and O–H groups in total. The predicted molar refractivity (Wildman–Crippen MR) is 55.7 cm³/mol. The summed E-state index contributed by atoms with van der Waals surface area (Å²) in [5.74, 6) is 0. The summed E-state index contributed by atoms with van der Waals surface area (Å²) in [5, 5.41) is 21.7. The van der Waals surface area contributed by atoms with Crippen LogP contribution in [0.4, 0.5) is 9.18 Å². The third-order valence-electron chi connectivity index (χ3n) is 2.00. The van der Waals surface area contributed by atoms with Crippen LogP contribution in [0.1, 0.15) is 17.2 Å². The molecule has 86 valence electrons. The highest BCUT2D eigenvalue weighted by Gasteiger charge is 2.13. The Morgan fingerprint density at radius 3 is 2.56 bits per heavy atom. The van der Waals surface area contributed by atoms with Gasteiger partial charge in [-0.05, 0) is 11.1 Å². The largest absolute Gasteiger partial charge is 0.465 e. The lowest BCUT2D eigenvalue weighted by Crippen LogP contribution is -2.28. The van der Waals surface area contributed by atoms with Crippen LogP contribution in [0.3, 0.4) is 0 Å². The highest BCUT2D eigenvalue weighted by molar-refractivity contribution is 5.79. The first-order valence-corrected chi connectivity index (χ1v) is 4.50. The van der Waals surface area contributed by atoms with Gasteiger partial charge in [-0.2, -0.15) is 0 Å². The first-order chi connectivity index (χ1) is 7.67. The molecule has 5 nitrogen and oxygen atoms in total. The lowest BCUT2D eigenvalue weighted by Gasteiger charge is -2.13. The van der Waals surface area contributed by atoms with Gasteiger partial charge in [-0.15, -0.1) is 0 Å². The van der Waals surface area contributed by atoms with Crippen molar-refractivity contribution in [1.29, 1.82) is 0 Å². The number of oxime groups is 1. The van der Waals surface area contributed by atoms with Gasteiger partial charge in [-0.3, -0.25) is 0 Å². The molecular weight excluding hydrogens is 215 g/mol. The van der Waals surface area contributed by atoms with Crippen LogP contribution in [0, 0.1) is 0 Å². The third kappa shape index (κ3) is 3.23. The van der Waals surface area contributed by atoms with Crippen LogP contribution in [0.5, 0.6) is 0 Å². The fourth-order valence-electron chi connectivity index (χ4n) is 1.24. The molecule has 0 spiro atoms. The van der Waals surface area contributed by atoms with E-state index in [4.69, 9.17) is 10.3 Å². The van der Waals surface area contributed by atoms with Crippen LogP contribution in [-0.2, 0) is 0 Å². The molecule has 1 aromatic rings. The second-order valence-electron chi connectivity index (χ2n) is 3.07. The average molecular weight is 226 g/mol. The minimum atomic E-state index is -1.27. The predicted octanol–water partition coefficient (Wildman–Crippen LogP) is 1.77. The number of halogens is 1. The summed E-state index contributed by atoms with van der Waals surface area (Å²) < 4.78 is 12.6. The zero-order valence-corrected chi connectivity index (χ0v) is 8.30. The van der Waals surface area contributed by atoms with Crippen molar-refractivity contribution in [3.8, 4) is 0 Å². The van der Waals surface area contributed by atoms with E-state index in [1.807, 2.05) is 0 Å². The Morgan fingerprint density at radius 2 is 2.12 bits per heavy atom. The van der Waals surface area contributed by atoms with E-state index in [1.165, 1.54) is 6.21 Å². The first-order valence-electron chi connectivity index (χ1n) is 4.50. The summed E-state index contributed by atoms with van der Waals surface area (Å²) in [5.41, 5.74) is 1.15. The summed E-state index contributed by atoms with van der Waals surface area (Å²) >= 11 is 0. The molecular formula is C10H11FN2O3. The molecule has 0 aliphatic heterocycles. The summed E-state index contributed by atoms with van der Waals surface area (Å²) in [6, 6.07) is 5.45.